The van der Waals surface area contributed by atoms with E-state index in [0.29, 0.717) is 25.8 Å². The zero-order chi connectivity index (χ0) is 44.0. The summed E-state index contributed by atoms with van der Waals surface area (Å²) in [6, 6.07) is -6.91. The summed E-state index contributed by atoms with van der Waals surface area (Å²) in [5, 5.41) is 40.1. The van der Waals surface area contributed by atoms with E-state index in [4.69, 9.17) is 21.9 Å². The fraction of sp³-hybridized carbons (Fsp3) is 0.643. The number of rotatable bonds is 25. The highest BCUT2D eigenvalue weighted by molar-refractivity contribution is 5.96. The van der Waals surface area contributed by atoms with Gasteiger partial charge < -0.3 is 58.5 Å². The summed E-state index contributed by atoms with van der Waals surface area (Å²) in [6.07, 6.45) is 14.1. The van der Waals surface area contributed by atoms with Crippen LogP contribution in [-0.4, -0.2) is 114 Å². The number of esters is 1. The van der Waals surface area contributed by atoms with Gasteiger partial charge in [-0.3, -0.25) is 19.2 Å². The third kappa shape index (κ3) is 18.6. The van der Waals surface area contributed by atoms with Crippen LogP contribution in [0.15, 0.2) is 58.7 Å². The molecule has 0 saturated carbocycles. The lowest BCUT2D eigenvalue weighted by Gasteiger charge is -2.32. The summed E-state index contributed by atoms with van der Waals surface area (Å²) in [4.78, 5) is 65.3. The molecule has 0 unspecified atom stereocenters. The average molecular weight is 818 g/mol. The van der Waals surface area contributed by atoms with Crippen molar-refractivity contribution in [2.75, 3.05) is 26.3 Å². The molecule has 0 aromatic rings. The van der Waals surface area contributed by atoms with E-state index in [1.54, 1.807) is 6.08 Å². The lowest BCUT2D eigenvalue weighted by Crippen LogP contribution is -2.62. The molecule has 0 aromatic carbocycles. The molecular weight excluding hydrogens is 747 g/mol. The molecule has 13 N–H and O–H groups in total. The molecular formula is C42H71N7O9. The Labute approximate surface area is 344 Å². The van der Waals surface area contributed by atoms with Crippen molar-refractivity contribution in [3.63, 3.8) is 0 Å². The number of hydrogen-bond acceptors (Lipinski definition) is 12. The Kier molecular flexibility index (Phi) is 23.9. The van der Waals surface area contributed by atoms with Crippen LogP contribution in [-0.2, 0) is 28.7 Å². The molecule has 0 fully saturated rings. The van der Waals surface area contributed by atoms with Crippen LogP contribution in [0.4, 0.5) is 0 Å². The molecule has 0 radical (unpaired) electrons. The highest BCUT2D eigenvalue weighted by Crippen LogP contribution is 2.40. The molecule has 58 heavy (non-hydrogen) atoms. The number of aliphatic hydroxyl groups is 3. The summed E-state index contributed by atoms with van der Waals surface area (Å²) in [6.45, 7) is 12.7. The number of ether oxygens (including phenoxy) is 1. The summed E-state index contributed by atoms with van der Waals surface area (Å²) in [7, 11) is 0. The number of aliphatic hydroxyl groups excluding tert-OH is 3. The third-order valence-corrected chi connectivity index (χ3v) is 9.95. The summed E-state index contributed by atoms with van der Waals surface area (Å²) >= 11 is 0. The second kappa shape index (κ2) is 26.7. The van der Waals surface area contributed by atoms with E-state index in [1.165, 1.54) is 37.8 Å². The molecule has 0 bridgehead atoms. The van der Waals surface area contributed by atoms with Crippen molar-refractivity contribution >= 4 is 29.6 Å². The average Bonchev–Trinajstić information content (AvgIpc) is 3.15. The number of nitrogens with two attached hydrogens (primary N) is 3. The van der Waals surface area contributed by atoms with Gasteiger partial charge in [-0.15, -0.1) is 0 Å². The molecule has 4 amide bonds. The van der Waals surface area contributed by atoms with Crippen LogP contribution in [0.3, 0.4) is 0 Å². The standard InChI is InChI=1S/C42H71N7O9/c1-26(18-19-31-28(3)15-11-21-42(31,6)7)13-10-14-27(2)20-24-58-41(57)34(25-50)47-38(54)33(17-12-23-44)46-39(55)35(29(4)51)49-40(56)36(30(5)52)48-37(53)32(45)16-8-9-22-43/h10,13-14,18-20,29-30,32-36,50-52H,8-9,11-12,15-17,21-25,43-45H2,1-7H3,(H,46,55)(H,47,54)(H,48,53)(H,49,56)/b14-10+,19-18+,26-13-,27-20-/t29-,30-,32+,33+,34+,35+,36+/m1/s1. The number of nitrogens with one attached hydrogen (secondary N) is 4. The highest BCUT2D eigenvalue weighted by atomic mass is 16.5. The molecule has 0 aromatic heterocycles. The van der Waals surface area contributed by atoms with Crippen LogP contribution in [0.5, 0.6) is 0 Å². The Hall–Kier alpha value is -4.19. The zero-order valence-corrected chi connectivity index (χ0v) is 35.5. The quantitative estimate of drug-likeness (QED) is 0.0350. The van der Waals surface area contributed by atoms with Crippen LogP contribution in [0.2, 0.25) is 0 Å². The predicted molar refractivity (Wildman–Crippen MR) is 224 cm³/mol. The minimum atomic E-state index is -1.63. The maximum absolute atomic E-state index is 13.4. The first-order valence-corrected chi connectivity index (χ1v) is 20.2. The van der Waals surface area contributed by atoms with E-state index >= 15 is 0 Å². The smallest absolute Gasteiger partial charge is 0.331 e. The van der Waals surface area contributed by atoms with Gasteiger partial charge in [0, 0.05) is 0 Å². The van der Waals surface area contributed by atoms with Crippen LogP contribution in [0.25, 0.3) is 0 Å². The van der Waals surface area contributed by atoms with Crippen LogP contribution < -0.4 is 38.5 Å². The highest BCUT2D eigenvalue weighted by Gasteiger charge is 2.35. The fourth-order valence-corrected chi connectivity index (χ4v) is 6.31. The van der Waals surface area contributed by atoms with Gasteiger partial charge in [0.15, 0.2) is 6.04 Å². The van der Waals surface area contributed by atoms with Gasteiger partial charge in [0.1, 0.15) is 24.7 Å². The lowest BCUT2D eigenvalue weighted by molar-refractivity contribution is -0.148. The molecule has 1 aliphatic rings. The Morgan fingerprint density at radius 1 is 0.810 bits per heavy atom. The molecule has 16 nitrogen and oxygen atoms in total. The van der Waals surface area contributed by atoms with Crippen molar-refractivity contribution in [1.29, 1.82) is 0 Å². The fourth-order valence-electron chi connectivity index (χ4n) is 6.31. The van der Waals surface area contributed by atoms with Gasteiger partial charge in [-0.05, 0) is 110 Å². The summed E-state index contributed by atoms with van der Waals surface area (Å²) in [5.41, 5.74) is 21.9. The monoisotopic (exact) mass is 818 g/mol. The minimum absolute atomic E-state index is 0.00359. The molecule has 0 aliphatic heterocycles. The normalized spacial score (nSPS) is 18.5. The van der Waals surface area contributed by atoms with Gasteiger partial charge in [-0.1, -0.05) is 67.4 Å². The molecule has 1 rings (SSSR count). The predicted octanol–water partition coefficient (Wildman–Crippen LogP) is 0.950. The van der Waals surface area contributed by atoms with Crippen LogP contribution in [0.1, 0.15) is 99.8 Å². The van der Waals surface area contributed by atoms with Crippen molar-refractivity contribution in [2.45, 2.75) is 142 Å². The number of carbonyl (C=O) groups excluding carboxylic acids is 5. The summed E-state index contributed by atoms with van der Waals surface area (Å²) < 4.78 is 5.29. The third-order valence-electron chi connectivity index (χ3n) is 9.95. The van der Waals surface area contributed by atoms with Crippen molar-refractivity contribution in [3.8, 4) is 0 Å². The molecule has 1 aliphatic carbocycles. The zero-order valence-electron chi connectivity index (χ0n) is 35.5. The van der Waals surface area contributed by atoms with E-state index in [-0.39, 0.29) is 31.4 Å². The van der Waals surface area contributed by atoms with E-state index in [0.717, 1.165) is 17.6 Å². The maximum atomic E-state index is 13.4. The Balaban J connectivity index is 2.90. The molecule has 0 spiro atoms. The number of carbonyl (C=O) groups is 5. The van der Waals surface area contributed by atoms with Gasteiger partial charge in [0.05, 0.1) is 24.9 Å². The minimum Gasteiger partial charge on any atom is -0.460 e. The Bertz CT molecular complexity index is 1520. The van der Waals surface area contributed by atoms with E-state index in [9.17, 15) is 39.3 Å². The molecule has 16 heteroatoms. The van der Waals surface area contributed by atoms with Crippen molar-refractivity contribution < 1.29 is 44.0 Å². The second-order valence-corrected chi connectivity index (χ2v) is 15.7. The van der Waals surface area contributed by atoms with Gasteiger partial charge in [-0.2, -0.15) is 0 Å². The Morgan fingerprint density at radius 2 is 1.40 bits per heavy atom. The number of unbranched alkanes of at least 4 members (excludes halogenated alkanes) is 1. The topological polar surface area (TPSA) is 281 Å². The first kappa shape index (κ1) is 51.8. The molecule has 0 heterocycles. The largest absolute Gasteiger partial charge is 0.460 e. The van der Waals surface area contributed by atoms with Crippen LogP contribution in [0, 0.1) is 5.41 Å². The molecule has 328 valence electrons. The number of allylic oxidation sites excluding steroid dienone is 9. The summed E-state index contributed by atoms with van der Waals surface area (Å²) in [5.74, 6) is -4.44. The van der Waals surface area contributed by atoms with Gasteiger partial charge in [0.2, 0.25) is 23.6 Å². The molecule has 0 saturated heterocycles. The van der Waals surface area contributed by atoms with Crippen molar-refractivity contribution in [2.24, 2.45) is 22.6 Å². The van der Waals surface area contributed by atoms with Gasteiger partial charge >= 0.3 is 5.97 Å². The molecule has 7 atom stereocenters. The van der Waals surface area contributed by atoms with E-state index in [2.05, 4.69) is 54.2 Å². The van der Waals surface area contributed by atoms with Crippen LogP contribution >= 0.6 is 0 Å². The lowest BCUT2D eigenvalue weighted by atomic mass is 9.72. The SMILES string of the molecule is CC1=C(/C=C/C(C)=C\C=C\C(C)=C/COC(=O)[C@H](CO)NC(=O)[C@H](CCCN)NC(=O)[C@@H](NC(=O)[C@@H](NC(=O)[C@@H](N)CCCCN)[C@@H](C)O)[C@@H](C)O)C(C)(C)CCC1. The second-order valence-electron chi connectivity index (χ2n) is 15.7. The number of hydrogen-bond donors (Lipinski definition) is 10. The first-order chi connectivity index (χ1) is 27.3. The van der Waals surface area contributed by atoms with E-state index in [1.807, 2.05) is 32.1 Å². The first-order valence-electron chi connectivity index (χ1n) is 20.2. The Morgan fingerprint density at radius 3 is 1.97 bits per heavy atom. The van der Waals surface area contributed by atoms with Crippen molar-refractivity contribution in [1.82, 2.24) is 21.3 Å². The van der Waals surface area contributed by atoms with Gasteiger partial charge in [-0.25, -0.2) is 4.79 Å². The van der Waals surface area contributed by atoms with Gasteiger partial charge in [0.25, 0.3) is 0 Å². The van der Waals surface area contributed by atoms with Crippen molar-refractivity contribution in [3.05, 3.63) is 58.7 Å². The number of amides is 4. The van der Waals surface area contributed by atoms with E-state index < -0.39 is 78.6 Å². The maximum Gasteiger partial charge on any atom is 0.331 e.